The average Bonchev–Trinajstić information content (AvgIpc) is 3.05. The van der Waals surface area contributed by atoms with Crippen LogP contribution in [0, 0.1) is 5.92 Å². The number of nitrogens with zero attached hydrogens (tertiary/aromatic N) is 1. The van der Waals surface area contributed by atoms with E-state index in [4.69, 9.17) is 9.47 Å². The highest BCUT2D eigenvalue weighted by molar-refractivity contribution is 5.79. The van der Waals surface area contributed by atoms with Crippen LogP contribution in [0.3, 0.4) is 0 Å². The number of carbonyl (C=O) groups excluding carboxylic acids is 1. The molecule has 3 rings (SSSR count). The van der Waals surface area contributed by atoms with Gasteiger partial charge >= 0.3 is 0 Å². The predicted molar refractivity (Wildman–Crippen MR) is 89.6 cm³/mol. The predicted octanol–water partition coefficient (Wildman–Crippen LogP) is 3.05. The van der Waals surface area contributed by atoms with Crippen molar-refractivity contribution in [1.29, 1.82) is 0 Å². The van der Waals surface area contributed by atoms with Gasteiger partial charge in [0.2, 0.25) is 5.91 Å². The minimum absolute atomic E-state index is 0.287. The lowest BCUT2D eigenvalue weighted by Gasteiger charge is -2.38. The van der Waals surface area contributed by atoms with Crippen LogP contribution in [0.2, 0.25) is 0 Å². The number of ether oxygens (including phenoxy) is 2. The van der Waals surface area contributed by atoms with Gasteiger partial charge in [0.05, 0.1) is 13.0 Å². The van der Waals surface area contributed by atoms with Gasteiger partial charge in [0.25, 0.3) is 0 Å². The van der Waals surface area contributed by atoms with Gasteiger partial charge in [-0.15, -0.1) is 0 Å². The molecule has 0 aromatic heterocycles. The topological polar surface area (TPSA) is 38.8 Å². The minimum Gasteiger partial charge on any atom is -0.491 e. The van der Waals surface area contributed by atoms with Crippen LogP contribution in [-0.4, -0.2) is 43.7 Å². The molecule has 1 amide bonds. The molecule has 2 atom stereocenters. The van der Waals surface area contributed by atoms with Crippen LogP contribution in [-0.2, 0) is 16.0 Å². The van der Waals surface area contributed by atoms with Crippen molar-refractivity contribution in [2.75, 3.05) is 26.9 Å². The van der Waals surface area contributed by atoms with Gasteiger partial charge in [-0.25, -0.2) is 0 Å². The molecular formula is C19H27NO3. The summed E-state index contributed by atoms with van der Waals surface area (Å²) < 4.78 is 10.5. The van der Waals surface area contributed by atoms with E-state index in [0.29, 0.717) is 25.7 Å². The Morgan fingerprint density at radius 1 is 1.13 bits per heavy atom. The van der Waals surface area contributed by atoms with Crippen molar-refractivity contribution >= 4 is 5.91 Å². The standard InChI is InChI=1S/C19H27NO3/c1-22-12-13-23-17-9-7-15(8-10-17)14-19(21)20-11-3-5-16-4-2-6-18(16)20/h7-10,16,18H,2-6,11-14H2,1H3/t16-,18-/m0/s1. The van der Waals surface area contributed by atoms with Crippen molar-refractivity contribution in [3.63, 3.8) is 0 Å². The zero-order valence-electron chi connectivity index (χ0n) is 14.0. The van der Waals surface area contributed by atoms with E-state index in [1.54, 1.807) is 7.11 Å². The third kappa shape index (κ3) is 4.05. The Hall–Kier alpha value is -1.55. The summed E-state index contributed by atoms with van der Waals surface area (Å²) in [6, 6.07) is 8.37. The molecule has 0 spiro atoms. The number of piperidine rings is 1. The fourth-order valence-corrected chi connectivity index (χ4v) is 3.99. The zero-order valence-corrected chi connectivity index (χ0v) is 14.0. The van der Waals surface area contributed by atoms with E-state index in [9.17, 15) is 4.79 Å². The van der Waals surface area contributed by atoms with Crippen LogP contribution in [0.4, 0.5) is 0 Å². The first-order valence-electron chi connectivity index (χ1n) is 8.78. The number of fused-ring (bicyclic) bond motifs is 1. The second-order valence-electron chi connectivity index (χ2n) is 6.65. The summed E-state index contributed by atoms with van der Waals surface area (Å²) in [7, 11) is 1.66. The lowest BCUT2D eigenvalue weighted by molar-refractivity contribution is -0.135. The molecule has 1 aromatic carbocycles. The third-order valence-corrected chi connectivity index (χ3v) is 5.15. The zero-order chi connectivity index (χ0) is 16.1. The highest BCUT2D eigenvalue weighted by atomic mass is 16.5. The molecule has 2 fully saturated rings. The van der Waals surface area contributed by atoms with Gasteiger partial charge in [-0.2, -0.15) is 0 Å². The fraction of sp³-hybridized carbons (Fsp3) is 0.632. The van der Waals surface area contributed by atoms with Gasteiger partial charge in [-0.3, -0.25) is 4.79 Å². The number of hydrogen-bond acceptors (Lipinski definition) is 3. The largest absolute Gasteiger partial charge is 0.491 e. The Bertz CT molecular complexity index is 514. The molecule has 0 radical (unpaired) electrons. The molecular weight excluding hydrogens is 290 g/mol. The van der Waals surface area contributed by atoms with Crippen molar-refractivity contribution in [3.05, 3.63) is 29.8 Å². The fourth-order valence-electron chi connectivity index (χ4n) is 3.99. The van der Waals surface area contributed by atoms with Crippen LogP contribution >= 0.6 is 0 Å². The van der Waals surface area contributed by atoms with E-state index in [-0.39, 0.29) is 5.91 Å². The smallest absolute Gasteiger partial charge is 0.227 e. The molecule has 1 saturated carbocycles. The van der Waals surface area contributed by atoms with Crippen LogP contribution in [0.25, 0.3) is 0 Å². The van der Waals surface area contributed by atoms with Gasteiger partial charge in [-0.05, 0) is 49.3 Å². The number of hydrogen-bond donors (Lipinski definition) is 0. The highest BCUT2D eigenvalue weighted by Crippen LogP contribution is 2.37. The third-order valence-electron chi connectivity index (χ3n) is 5.15. The van der Waals surface area contributed by atoms with E-state index in [1.807, 2.05) is 24.3 Å². The Morgan fingerprint density at radius 3 is 2.70 bits per heavy atom. The maximum atomic E-state index is 12.7. The Balaban J connectivity index is 1.55. The summed E-state index contributed by atoms with van der Waals surface area (Å²) in [4.78, 5) is 14.8. The normalized spacial score (nSPS) is 23.6. The molecule has 1 aliphatic carbocycles. The first kappa shape index (κ1) is 16.3. The first-order chi connectivity index (χ1) is 11.3. The van der Waals surface area contributed by atoms with Crippen molar-refractivity contribution in [1.82, 2.24) is 4.90 Å². The lowest BCUT2D eigenvalue weighted by atomic mass is 9.91. The van der Waals surface area contributed by atoms with E-state index in [2.05, 4.69) is 4.90 Å². The maximum Gasteiger partial charge on any atom is 0.227 e. The summed E-state index contributed by atoms with van der Waals surface area (Å²) in [5.41, 5.74) is 1.06. The Kier molecular flexibility index (Phi) is 5.55. The average molecular weight is 317 g/mol. The quantitative estimate of drug-likeness (QED) is 0.757. The van der Waals surface area contributed by atoms with Crippen molar-refractivity contribution in [2.45, 2.75) is 44.6 Å². The van der Waals surface area contributed by atoms with Crippen LogP contribution < -0.4 is 4.74 Å². The summed E-state index contributed by atoms with van der Waals surface area (Å²) in [5, 5.41) is 0. The molecule has 4 heteroatoms. The molecule has 0 N–H and O–H groups in total. The van der Waals surface area contributed by atoms with Gasteiger partial charge in [0.1, 0.15) is 12.4 Å². The molecule has 0 unspecified atom stereocenters. The lowest BCUT2D eigenvalue weighted by Crippen LogP contribution is -2.46. The van der Waals surface area contributed by atoms with Gasteiger partial charge < -0.3 is 14.4 Å². The SMILES string of the molecule is COCCOc1ccc(CC(=O)N2CCC[C@@H]3CCC[C@@H]32)cc1. The van der Waals surface area contributed by atoms with Gasteiger partial charge in [0, 0.05) is 19.7 Å². The Morgan fingerprint density at radius 2 is 1.91 bits per heavy atom. The van der Waals surface area contributed by atoms with E-state index in [1.165, 1.54) is 32.1 Å². The molecule has 126 valence electrons. The molecule has 1 aliphatic heterocycles. The van der Waals surface area contributed by atoms with Crippen molar-refractivity contribution in [3.8, 4) is 5.75 Å². The molecule has 0 bridgehead atoms. The molecule has 1 saturated heterocycles. The number of carbonyl (C=O) groups is 1. The van der Waals surface area contributed by atoms with Crippen LogP contribution in [0.1, 0.15) is 37.7 Å². The number of amides is 1. The number of likely N-dealkylation sites (tertiary alicyclic amines) is 1. The number of methoxy groups -OCH3 is 1. The highest BCUT2D eigenvalue weighted by Gasteiger charge is 2.36. The molecule has 2 aliphatic rings. The monoisotopic (exact) mass is 317 g/mol. The van der Waals surface area contributed by atoms with Gasteiger partial charge in [0.15, 0.2) is 0 Å². The van der Waals surface area contributed by atoms with Crippen molar-refractivity contribution in [2.24, 2.45) is 5.92 Å². The minimum atomic E-state index is 0.287. The summed E-state index contributed by atoms with van der Waals surface area (Å²) in [6.45, 7) is 2.07. The summed E-state index contributed by atoms with van der Waals surface area (Å²) in [5.74, 6) is 1.87. The first-order valence-corrected chi connectivity index (χ1v) is 8.78. The second kappa shape index (κ2) is 7.82. The van der Waals surface area contributed by atoms with E-state index in [0.717, 1.165) is 23.8 Å². The maximum absolute atomic E-state index is 12.7. The summed E-state index contributed by atoms with van der Waals surface area (Å²) >= 11 is 0. The molecule has 4 nitrogen and oxygen atoms in total. The summed E-state index contributed by atoms with van der Waals surface area (Å²) in [6.07, 6.45) is 6.76. The molecule has 23 heavy (non-hydrogen) atoms. The van der Waals surface area contributed by atoms with Crippen LogP contribution in [0.15, 0.2) is 24.3 Å². The van der Waals surface area contributed by atoms with Crippen molar-refractivity contribution < 1.29 is 14.3 Å². The number of benzene rings is 1. The molecule has 1 aromatic rings. The van der Waals surface area contributed by atoms with E-state index >= 15 is 0 Å². The second-order valence-corrected chi connectivity index (χ2v) is 6.65. The Labute approximate surface area is 138 Å². The number of rotatable bonds is 6. The van der Waals surface area contributed by atoms with Gasteiger partial charge in [-0.1, -0.05) is 18.6 Å². The van der Waals surface area contributed by atoms with E-state index < -0.39 is 0 Å². The van der Waals surface area contributed by atoms with Crippen LogP contribution in [0.5, 0.6) is 5.75 Å². The molecule has 1 heterocycles.